The third-order valence-electron chi connectivity index (χ3n) is 5.06. The molecule has 1 aliphatic heterocycles. The van der Waals surface area contributed by atoms with Crippen molar-refractivity contribution in [1.29, 1.82) is 5.26 Å². The van der Waals surface area contributed by atoms with Crippen LogP contribution in [0.25, 0.3) is 0 Å². The van der Waals surface area contributed by atoms with Crippen molar-refractivity contribution in [1.82, 2.24) is 4.67 Å². The molecule has 1 fully saturated rings. The Morgan fingerprint density at radius 3 is 2.39 bits per heavy atom. The lowest BCUT2D eigenvalue weighted by Gasteiger charge is -2.47. The zero-order valence-electron chi connectivity index (χ0n) is 20.2. The first-order valence-electron chi connectivity index (χ1n) is 10.9. The Morgan fingerprint density at radius 2 is 1.90 bits per heavy atom. The van der Waals surface area contributed by atoms with E-state index in [-0.39, 0.29) is 36.0 Å². The van der Waals surface area contributed by atoms with E-state index in [0.29, 0.717) is 26.1 Å². The van der Waals surface area contributed by atoms with Crippen LogP contribution in [-0.2, 0) is 27.6 Å². The second-order valence-corrected chi connectivity index (χ2v) is 12.1. The summed E-state index contributed by atoms with van der Waals surface area (Å²) >= 11 is 0. The van der Waals surface area contributed by atoms with E-state index in [2.05, 4.69) is 38.4 Å². The molecule has 0 bridgehead atoms. The lowest BCUT2D eigenvalue weighted by atomic mass is 9.87. The molecule has 3 unspecified atom stereocenters. The van der Waals surface area contributed by atoms with Crippen LogP contribution in [0.5, 0.6) is 0 Å². The normalized spacial score (nSPS) is 26.1. The topological polar surface area (TPSA) is 90.2 Å². The summed E-state index contributed by atoms with van der Waals surface area (Å²) in [7, 11) is 0.370. The number of hydrogen-bond acceptors (Lipinski definition) is 8. The van der Waals surface area contributed by atoms with Crippen molar-refractivity contribution in [3.8, 4) is 6.07 Å². The van der Waals surface area contributed by atoms with Crippen LogP contribution in [0, 0.1) is 11.3 Å². The van der Waals surface area contributed by atoms with Gasteiger partial charge in [0.05, 0.1) is 37.3 Å². The third kappa shape index (κ3) is 8.53. The molecule has 0 spiro atoms. The van der Waals surface area contributed by atoms with Gasteiger partial charge in [0.25, 0.3) is 0 Å². The molecule has 1 aliphatic rings. The Balaban J connectivity index is 3.27. The molecule has 178 valence electrons. The van der Waals surface area contributed by atoms with E-state index >= 15 is 0 Å². The van der Waals surface area contributed by atoms with E-state index in [1.165, 1.54) is 20.0 Å². The second-order valence-electron chi connectivity index (χ2n) is 7.96. The van der Waals surface area contributed by atoms with E-state index in [4.69, 9.17) is 28.3 Å². The van der Waals surface area contributed by atoms with Gasteiger partial charge in [0, 0.05) is 44.4 Å². The smallest absolute Gasteiger partial charge is 0.353 e. The van der Waals surface area contributed by atoms with Gasteiger partial charge in [0.15, 0.2) is 0 Å². The Hall–Kier alpha value is -0.285. The summed E-state index contributed by atoms with van der Waals surface area (Å²) in [6.07, 6.45) is 2.33. The second kappa shape index (κ2) is 14.1. The van der Waals surface area contributed by atoms with Crippen LogP contribution in [0.1, 0.15) is 47.5 Å². The summed E-state index contributed by atoms with van der Waals surface area (Å²) in [5, 5.41) is 9.02. The fourth-order valence-electron chi connectivity index (χ4n) is 3.84. The molecule has 11 heteroatoms. The molecule has 0 saturated carbocycles. The minimum atomic E-state index is -3.28. The molecule has 1 heterocycles. The number of hydrogen-bond donors (Lipinski definition) is 0. The maximum Gasteiger partial charge on any atom is 0.353 e. The van der Waals surface area contributed by atoms with E-state index in [1.54, 1.807) is 6.08 Å². The maximum absolute atomic E-state index is 12.4. The van der Waals surface area contributed by atoms with Crippen LogP contribution in [0.15, 0.2) is 11.9 Å². The molecule has 0 aromatic heterocycles. The van der Waals surface area contributed by atoms with Crippen molar-refractivity contribution in [3.63, 3.8) is 0 Å². The molecule has 0 radical (unpaired) electrons. The molecular formula is C20H39BN2O6P2. The number of rotatable bonds is 13. The van der Waals surface area contributed by atoms with Crippen molar-refractivity contribution in [3.05, 3.63) is 11.9 Å². The van der Waals surface area contributed by atoms with E-state index in [9.17, 15) is 4.57 Å². The summed E-state index contributed by atoms with van der Waals surface area (Å²) in [4.78, 5) is 0. The van der Waals surface area contributed by atoms with Gasteiger partial charge < -0.3 is 23.0 Å². The average molecular weight is 476 g/mol. The van der Waals surface area contributed by atoms with Gasteiger partial charge in [-0.1, -0.05) is 0 Å². The zero-order valence-corrected chi connectivity index (χ0v) is 22.0. The predicted octanol–water partition coefficient (Wildman–Crippen LogP) is 3.87. The fourth-order valence-corrected chi connectivity index (χ4v) is 7.46. The monoisotopic (exact) mass is 476 g/mol. The standard InChI is InChI=1S/C20H39BN2O6P2/c1-8-27-19-18(30(28-12-9-11-22)23(15(2)3)16(4)5)14-17(29-20(19)21)10-13-31(24,25-6)26-7/h10,13,15-20H,8-9,12,14,21H2,1-7H3/b13-10+/t17?,18-,19-,20?,30?/m1/s1. The Morgan fingerprint density at radius 1 is 1.29 bits per heavy atom. The highest BCUT2D eigenvalue weighted by Crippen LogP contribution is 2.55. The van der Waals surface area contributed by atoms with Crippen LogP contribution >= 0.6 is 15.9 Å². The van der Waals surface area contributed by atoms with E-state index in [1.807, 2.05) is 14.8 Å². The van der Waals surface area contributed by atoms with Gasteiger partial charge in [0.2, 0.25) is 0 Å². The molecule has 5 atom stereocenters. The average Bonchev–Trinajstić information content (AvgIpc) is 2.72. The first-order chi connectivity index (χ1) is 14.6. The van der Waals surface area contributed by atoms with Gasteiger partial charge in [-0.3, -0.25) is 9.24 Å². The molecule has 31 heavy (non-hydrogen) atoms. The van der Waals surface area contributed by atoms with Crippen LogP contribution < -0.4 is 0 Å². The van der Waals surface area contributed by atoms with Gasteiger partial charge in [-0.05, 0) is 47.1 Å². The summed E-state index contributed by atoms with van der Waals surface area (Å²) in [6, 6.07) is 2.53. The molecule has 0 aliphatic carbocycles. The molecule has 1 saturated heterocycles. The quantitative estimate of drug-likeness (QED) is 0.225. The van der Waals surface area contributed by atoms with Crippen LogP contribution in [-0.4, -0.2) is 75.9 Å². The summed E-state index contributed by atoms with van der Waals surface area (Å²) in [5.41, 5.74) is 0.0568. The molecular weight excluding hydrogens is 437 g/mol. The van der Waals surface area contributed by atoms with E-state index < -0.39 is 15.9 Å². The lowest BCUT2D eigenvalue weighted by molar-refractivity contribution is -0.0883. The largest absolute Gasteiger partial charge is 0.377 e. The Bertz CT molecular complexity index is 630. The van der Waals surface area contributed by atoms with Crippen LogP contribution in [0.4, 0.5) is 0 Å². The minimum absolute atomic E-state index is 0.0568. The number of nitriles is 1. The minimum Gasteiger partial charge on any atom is -0.377 e. The van der Waals surface area contributed by atoms with Gasteiger partial charge in [-0.15, -0.1) is 0 Å². The van der Waals surface area contributed by atoms with E-state index in [0.717, 1.165) is 0 Å². The summed E-state index contributed by atoms with van der Waals surface area (Å²) in [6.45, 7) is 11.6. The van der Waals surface area contributed by atoms with Crippen molar-refractivity contribution in [2.75, 3.05) is 27.4 Å². The highest BCUT2D eigenvalue weighted by molar-refractivity contribution is 7.57. The first kappa shape index (κ1) is 28.7. The van der Waals surface area contributed by atoms with Crippen LogP contribution in [0.2, 0.25) is 0 Å². The third-order valence-corrected chi connectivity index (χ3v) is 9.52. The lowest BCUT2D eigenvalue weighted by Crippen LogP contribution is -2.51. The van der Waals surface area contributed by atoms with Crippen molar-refractivity contribution >= 4 is 23.7 Å². The maximum atomic E-state index is 12.4. The first-order valence-corrected chi connectivity index (χ1v) is 13.8. The van der Waals surface area contributed by atoms with Gasteiger partial charge in [-0.2, -0.15) is 5.26 Å². The predicted molar refractivity (Wildman–Crippen MR) is 127 cm³/mol. The molecule has 0 amide bonds. The SMILES string of the molecule is BC1OC(/C=C/P(=O)(OC)OC)C[C@@H](P(OCCC#N)N(C(C)C)C(C)C)[C@H]1OCC. The van der Waals surface area contributed by atoms with Gasteiger partial charge in [-0.25, -0.2) is 0 Å². The molecule has 0 aromatic rings. The van der Waals surface area contributed by atoms with Gasteiger partial charge >= 0.3 is 7.60 Å². The Kier molecular flexibility index (Phi) is 13.1. The highest BCUT2D eigenvalue weighted by Gasteiger charge is 2.44. The summed E-state index contributed by atoms with van der Waals surface area (Å²) in [5.74, 6) is 1.46. The molecule has 8 nitrogen and oxygen atoms in total. The van der Waals surface area contributed by atoms with Gasteiger partial charge in [0.1, 0.15) is 16.1 Å². The number of nitrogens with zero attached hydrogens (tertiary/aromatic N) is 2. The zero-order chi connectivity index (χ0) is 23.6. The Labute approximate surface area is 190 Å². The number of ether oxygens (including phenoxy) is 2. The highest BCUT2D eigenvalue weighted by atomic mass is 31.2. The molecule has 0 aromatic carbocycles. The summed E-state index contributed by atoms with van der Waals surface area (Å²) < 4.78 is 43.5. The molecule has 1 rings (SSSR count). The van der Waals surface area contributed by atoms with Crippen molar-refractivity contribution in [2.45, 2.75) is 83.4 Å². The van der Waals surface area contributed by atoms with Crippen molar-refractivity contribution < 1.29 is 27.6 Å². The van der Waals surface area contributed by atoms with Crippen LogP contribution in [0.3, 0.4) is 0 Å². The fraction of sp³-hybridized carbons (Fsp3) is 0.850. The molecule has 0 N–H and O–H groups in total. The van der Waals surface area contributed by atoms with Crippen molar-refractivity contribution in [2.24, 2.45) is 0 Å².